The summed E-state index contributed by atoms with van der Waals surface area (Å²) in [4.78, 5) is 36.4. The number of aliphatic carboxylic acids is 1. The van der Waals surface area contributed by atoms with Crippen molar-refractivity contribution in [2.45, 2.75) is 45.9 Å². The van der Waals surface area contributed by atoms with Crippen molar-refractivity contribution in [3.05, 3.63) is 35.9 Å². The fourth-order valence-corrected chi connectivity index (χ4v) is 2.02. The van der Waals surface area contributed by atoms with Gasteiger partial charge in [0, 0.05) is 6.54 Å². The van der Waals surface area contributed by atoms with E-state index in [2.05, 4.69) is 5.32 Å². The number of carboxylic acid groups (broad SMARTS) is 1. The highest BCUT2D eigenvalue weighted by Gasteiger charge is 2.44. The smallest absolute Gasteiger partial charge is 0.328 e. The molecule has 4 N–H and O–H groups in total. The van der Waals surface area contributed by atoms with Crippen molar-refractivity contribution in [2.75, 3.05) is 13.2 Å². The number of carbonyl (C=O) groups excluding carboxylic acids is 2. The van der Waals surface area contributed by atoms with Crippen molar-refractivity contribution < 1.29 is 29.0 Å². The average molecular weight is 380 g/mol. The van der Waals surface area contributed by atoms with E-state index in [9.17, 15) is 19.5 Å². The van der Waals surface area contributed by atoms with Gasteiger partial charge in [-0.2, -0.15) is 0 Å². The van der Waals surface area contributed by atoms with Gasteiger partial charge in [0.1, 0.15) is 5.60 Å². The number of ether oxygens (including phenoxy) is 2. The molecule has 1 unspecified atom stereocenters. The van der Waals surface area contributed by atoms with Crippen LogP contribution in [0.15, 0.2) is 30.3 Å². The van der Waals surface area contributed by atoms with E-state index < -0.39 is 34.9 Å². The van der Waals surface area contributed by atoms with Crippen molar-refractivity contribution in [2.24, 2.45) is 11.1 Å². The fraction of sp³-hybridized carbons (Fsp3) is 0.526. The Labute approximate surface area is 159 Å². The zero-order chi connectivity index (χ0) is 20.7. The molecule has 0 aliphatic rings. The molecule has 0 radical (unpaired) electrons. The lowest BCUT2D eigenvalue weighted by atomic mass is 9.89. The van der Waals surface area contributed by atoms with Gasteiger partial charge < -0.3 is 25.6 Å². The van der Waals surface area contributed by atoms with Crippen LogP contribution in [0.4, 0.5) is 0 Å². The second-order valence-corrected chi connectivity index (χ2v) is 7.40. The minimum absolute atomic E-state index is 0.195. The number of amides is 1. The zero-order valence-corrected chi connectivity index (χ0v) is 16.2. The molecule has 1 aromatic carbocycles. The van der Waals surface area contributed by atoms with Crippen LogP contribution in [0, 0.1) is 5.41 Å². The molecule has 0 aliphatic heterocycles. The van der Waals surface area contributed by atoms with Crippen molar-refractivity contribution in [3.63, 3.8) is 0 Å². The van der Waals surface area contributed by atoms with Gasteiger partial charge in [-0.05, 0) is 33.3 Å². The summed E-state index contributed by atoms with van der Waals surface area (Å²) in [5, 5.41) is 11.7. The van der Waals surface area contributed by atoms with E-state index >= 15 is 0 Å². The fourth-order valence-electron chi connectivity index (χ4n) is 2.02. The van der Waals surface area contributed by atoms with Gasteiger partial charge in [0.15, 0.2) is 11.5 Å². The Kier molecular flexibility index (Phi) is 7.93. The SMILES string of the molecule is CC(C)(C)OC(=O)C(C)(CN)C(=O)N[C@H](COCc1ccccc1)C(=O)O. The topological polar surface area (TPSA) is 128 Å². The maximum absolute atomic E-state index is 12.6. The molecule has 0 aliphatic carbocycles. The first-order valence-corrected chi connectivity index (χ1v) is 8.58. The van der Waals surface area contributed by atoms with Crippen LogP contribution in [0.25, 0.3) is 0 Å². The van der Waals surface area contributed by atoms with Crippen LogP contribution >= 0.6 is 0 Å². The number of hydrogen-bond acceptors (Lipinski definition) is 6. The number of hydrogen-bond donors (Lipinski definition) is 3. The second-order valence-electron chi connectivity index (χ2n) is 7.40. The first kappa shape index (κ1) is 22.6. The first-order chi connectivity index (χ1) is 12.5. The zero-order valence-electron chi connectivity index (χ0n) is 16.2. The number of benzene rings is 1. The van der Waals surface area contributed by atoms with Gasteiger partial charge in [-0.25, -0.2) is 4.79 Å². The molecule has 27 heavy (non-hydrogen) atoms. The van der Waals surface area contributed by atoms with Crippen molar-refractivity contribution in [1.29, 1.82) is 0 Å². The molecular formula is C19H28N2O6. The van der Waals surface area contributed by atoms with Gasteiger partial charge in [-0.15, -0.1) is 0 Å². The molecule has 0 heterocycles. The predicted molar refractivity (Wildman–Crippen MR) is 98.7 cm³/mol. The minimum Gasteiger partial charge on any atom is -0.480 e. The molecule has 0 spiro atoms. The quantitative estimate of drug-likeness (QED) is 0.432. The molecule has 0 aromatic heterocycles. The summed E-state index contributed by atoms with van der Waals surface area (Å²) in [6.07, 6.45) is 0. The van der Waals surface area contributed by atoms with Crippen LogP contribution in [0.1, 0.15) is 33.3 Å². The van der Waals surface area contributed by atoms with Crippen LogP contribution in [0.3, 0.4) is 0 Å². The molecular weight excluding hydrogens is 352 g/mol. The van der Waals surface area contributed by atoms with Crippen LogP contribution < -0.4 is 11.1 Å². The van der Waals surface area contributed by atoms with Crippen LogP contribution in [0.2, 0.25) is 0 Å². The molecule has 0 saturated heterocycles. The third-order valence-corrected chi connectivity index (χ3v) is 3.76. The largest absolute Gasteiger partial charge is 0.480 e. The number of nitrogens with two attached hydrogens (primary N) is 1. The van der Waals surface area contributed by atoms with Gasteiger partial charge in [0.05, 0.1) is 13.2 Å². The van der Waals surface area contributed by atoms with Crippen LogP contribution in [-0.4, -0.2) is 47.7 Å². The Morgan fingerprint density at radius 3 is 2.22 bits per heavy atom. The molecule has 1 rings (SSSR count). The highest BCUT2D eigenvalue weighted by atomic mass is 16.6. The maximum Gasteiger partial charge on any atom is 0.328 e. The summed E-state index contributed by atoms with van der Waals surface area (Å²) in [7, 11) is 0. The molecule has 150 valence electrons. The molecule has 2 atom stereocenters. The summed E-state index contributed by atoms with van der Waals surface area (Å²) in [6, 6.07) is 7.87. The highest BCUT2D eigenvalue weighted by molar-refractivity contribution is 6.03. The standard InChI is InChI=1S/C19H28N2O6/c1-18(2,3)27-17(25)19(4,12-20)16(24)21-14(15(22)23)11-26-10-13-8-6-5-7-9-13/h5-9,14H,10-12,20H2,1-4H3,(H,21,24)(H,22,23)/t14-,19?/m1/s1. The van der Waals surface area contributed by atoms with Crippen LogP contribution in [0.5, 0.6) is 0 Å². The Hall–Kier alpha value is -2.45. The lowest BCUT2D eigenvalue weighted by Gasteiger charge is -2.30. The molecule has 0 fully saturated rings. The van der Waals surface area contributed by atoms with Gasteiger partial charge in [0.2, 0.25) is 5.91 Å². The number of nitrogens with one attached hydrogen (secondary N) is 1. The third-order valence-electron chi connectivity index (χ3n) is 3.76. The lowest BCUT2D eigenvalue weighted by molar-refractivity contribution is -0.170. The van der Waals surface area contributed by atoms with E-state index in [1.165, 1.54) is 6.92 Å². The van der Waals surface area contributed by atoms with E-state index in [-0.39, 0.29) is 19.8 Å². The average Bonchev–Trinajstić information content (AvgIpc) is 2.59. The first-order valence-electron chi connectivity index (χ1n) is 8.58. The number of carbonyl (C=O) groups is 3. The van der Waals surface area contributed by atoms with Crippen molar-refractivity contribution >= 4 is 17.8 Å². The van der Waals surface area contributed by atoms with Gasteiger partial charge in [0.25, 0.3) is 0 Å². The minimum atomic E-state index is -1.71. The summed E-state index contributed by atoms with van der Waals surface area (Å²) >= 11 is 0. The summed E-state index contributed by atoms with van der Waals surface area (Å²) < 4.78 is 10.6. The van der Waals surface area contributed by atoms with E-state index in [4.69, 9.17) is 15.2 Å². The Morgan fingerprint density at radius 1 is 1.15 bits per heavy atom. The summed E-state index contributed by atoms with van der Waals surface area (Å²) in [5.41, 5.74) is 3.97. The molecule has 0 saturated carbocycles. The number of rotatable bonds is 9. The van der Waals surface area contributed by atoms with Crippen molar-refractivity contribution in [3.8, 4) is 0 Å². The molecule has 8 heteroatoms. The van der Waals surface area contributed by atoms with E-state index in [0.29, 0.717) is 0 Å². The van der Waals surface area contributed by atoms with E-state index in [0.717, 1.165) is 5.56 Å². The maximum atomic E-state index is 12.6. The van der Waals surface area contributed by atoms with Gasteiger partial charge in [-0.3, -0.25) is 9.59 Å². The molecule has 0 bridgehead atoms. The third kappa shape index (κ3) is 6.99. The van der Waals surface area contributed by atoms with Gasteiger partial charge in [-0.1, -0.05) is 30.3 Å². The van der Waals surface area contributed by atoms with Crippen LogP contribution in [-0.2, 0) is 30.5 Å². The normalized spacial score (nSPS) is 14.7. The predicted octanol–water partition coefficient (Wildman–Crippen LogP) is 1.08. The van der Waals surface area contributed by atoms with Crippen molar-refractivity contribution in [1.82, 2.24) is 5.32 Å². The number of esters is 1. The second kappa shape index (κ2) is 9.48. The number of carboxylic acids is 1. The van der Waals surface area contributed by atoms with E-state index in [1.54, 1.807) is 20.8 Å². The monoisotopic (exact) mass is 380 g/mol. The molecule has 1 aromatic rings. The van der Waals surface area contributed by atoms with Gasteiger partial charge >= 0.3 is 11.9 Å². The molecule has 8 nitrogen and oxygen atoms in total. The highest BCUT2D eigenvalue weighted by Crippen LogP contribution is 2.21. The summed E-state index contributed by atoms with van der Waals surface area (Å²) in [6.45, 7) is 5.92. The Balaban J connectivity index is 2.74. The summed E-state index contributed by atoms with van der Waals surface area (Å²) in [5.74, 6) is -2.92. The Bertz CT molecular complexity index is 656. The Morgan fingerprint density at radius 2 is 1.74 bits per heavy atom. The van der Waals surface area contributed by atoms with E-state index in [1.807, 2.05) is 30.3 Å². The molecule has 1 amide bonds. The lowest BCUT2D eigenvalue weighted by Crippen LogP contribution is -2.56.